The van der Waals surface area contributed by atoms with Crippen LogP contribution in [0, 0.1) is 10.1 Å². The molecule has 0 spiro atoms. The Morgan fingerprint density at radius 1 is 1.04 bits per heavy atom. The Bertz CT molecular complexity index is 753. The first-order valence-electron chi connectivity index (χ1n) is 7.35. The molecule has 4 nitrogen and oxygen atoms in total. The molecule has 0 aliphatic rings. The van der Waals surface area contributed by atoms with E-state index in [0.717, 1.165) is 5.56 Å². The van der Waals surface area contributed by atoms with E-state index in [2.05, 4.69) is 20.8 Å². The third kappa shape index (κ3) is 4.13. The summed E-state index contributed by atoms with van der Waals surface area (Å²) in [6, 6.07) is 13.9. The molecule has 0 atom stereocenters. The number of benzene rings is 2. The second-order valence-electron chi connectivity index (χ2n) is 6.34. The Labute approximate surface area is 135 Å². The fourth-order valence-corrected chi connectivity index (χ4v) is 2.20. The van der Waals surface area contributed by atoms with Crippen molar-refractivity contribution in [2.45, 2.75) is 26.2 Å². The first-order chi connectivity index (χ1) is 10.8. The van der Waals surface area contributed by atoms with E-state index in [-0.39, 0.29) is 22.4 Å². The lowest BCUT2D eigenvalue weighted by molar-refractivity contribution is -0.385. The number of para-hydroxylation sites is 1. The summed E-state index contributed by atoms with van der Waals surface area (Å²) in [7, 11) is 0. The monoisotopic (exact) mass is 309 g/mol. The van der Waals surface area contributed by atoms with Gasteiger partial charge >= 0.3 is 0 Å². The number of allylic oxidation sites excluding steroid dienone is 1. The molecule has 0 fully saturated rings. The minimum atomic E-state index is -0.542. The fraction of sp³-hybridized carbons (Fsp3) is 0.211. The predicted molar refractivity (Wildman–Crippen MR) is 91.6 cm³/mol. The van der Waals surface area contributed by atoms with E-state index in [0.29, 0.717) is 0 Å². The van der Waals surface area contributed by atoms with Gasteiger partial charge in [-0.2, -0.15) is 0 Å². The highest BCUT2D eigenvalue weighted by atomic mass is 16.6. The molecule has 0 amide bonds. The van der Waals surface area contributed by atoms with Gasteiger partial charge in [0.1, 0.15) is 0 Å². The van der Waals surface area contributed by atoms with Crippen molar-refractivity contribution in [1.82, 2.24) is 0 Å². The van der Waals surface area contributed by atoms with E-state index in [1.807, 2.05) is 24.3 Å². The average molecular weight is 309 g/mol. The molecule has 0 heterocycles. The minimum absolute atomic E-state index is 0.0721. The van der Waals surface area contributed by atoms with Crippen LogP contribution in [0.2, 0.25) is 0 Å². The topological polar surface area (TPSA) is 60.2 Å². The highest BCUT2D eigenvalue weighted by molar-refractivity contribution is 6.09. The summed E-state index contributed by atoms with van der Waals surface area (Å²) in [4.78, 5) is 22.6. The van der Waals surface area contributed by atoms with Crippen LogP contribution in [0.1, 0.15) is 42.3 Å². The van der Waals surface area contributed by atoms with Crippen molar-refractivity contribution in [3.8, 4) is 0 Å². The molecule has 0 aromatic heterocycles. The van der Waals surface area contributed by atoms with Gasteiger partial charge in [0.2, 0.25) is 0 Å². The van der Waals surface area contributed by atoms with Crippen LogP contribution in [0.4, 0.5) is 5.69 Å². The first-order valence-corrected chi connectivity index (χ1v) is 7.35. The highest BCUT2D eigenvalue weighted by Gasteiger charge is 2.17. The summed E-state index contributed by atoms with van der Waals surface area (Å²) in [6.07, 6.45) is 3.04. The van der Waals surface area contributed by atoms with Crippen molar-refractivity contribution < 1.29 is 9.72 Å². The number of nitro benzene ring substituents is 1. The molecule has 0 unspecified atom stereocenters. The number of hydrogen-bond donors (Lipinski definition) is 0. The molecule has 0 saturated heterocycles. The average Bonchev–Trinajstić information content (AvgIpc) is 2.52. The van der Waals surface area contributed by atoms with Crippen molar-refractivity contribution in [1.29, 1.82) is 0 Å². The molecule has 118 valence electrons. The van der Waals surface area contributed by atoms with Gasteiger partial charge < -0.3 is 0 Å². The van der Waals surface area contributed by atoms with E-state index < -0.39 is 4.92 Å². The molecule has 0 radical (unpaired) electrons. The molecule has 0 saturated carbocycles. The second kappa shape index (κ2) is 6.57. The summed E-state index contributed by atoms with van der Waals surface area (Å²) in [6.45, 7) is 6.40. The first kappa shape index (κ1) is 16.6. The quantitative estimate of drug-likeness (QED) is 0.353. The Morgan fingerprint density at radius 2 is 1.65 bits per heavy atom. The van der Waals surface area contributed by atoms with Gasteiger partial charge in [0.05, 0.1) is 10.5 Å². The van der Waals surface area contributed by atoms with Crippen LogP contribution < -0.4 is 0 Å². The molecule has 2 rings (SSSR count). The maximum absolute atomic E-state index is 12.2. The number of ketones is 1. The van der Waals surface area contributed by atoms with Crippen molar-refractivity contribution in [2.75, 3.05) is 0 Å². The van der Waals surface area contributed by atoms with E-state index in [1.165, 1.54) is 23.8 Å². The maximum Gasteiger partial charge on any atom is 0.280 e. The van der Waals surface area contributed by atoms with Gasteiger partial charge in [-0.1, -0.05) is 63.2 Å². The number of nitro groups is 1. The van der Waals surface area contributed by atoms with E-state index in [9.17, 15) is 14.9 Å². The standard InChI is InChI=1S/C19H19NO3/c1-19(2,3)15-11-8-14(9-12-15)10-13-18(21)16-6-4-5-7-17(16)20(22)23/h4-13H,1-3H3/b13-10+. The van der Waals surface area contributed by atoms with Crippen LogP contribution in [0.15, 0.2) is 54.6 Å². The Hall–Kier alpha value is -2.75. The molecule has 2 aromatic carbocycles. The largest absolute Gasteiger partial charge is 0.289 e. The smallest absolute Gasteiger partial charge is 0.280 e. The molecule has 4 heteroatoms. The van der Waals surface area contributed by atoms with Gasteiger partial charge in [-0.25, -0.2) is 0 Å². The van der Waals surface area contributed by atoms with Crippen molar-refractivity contribution in [3.05, 3.63) is 81.4 Å². The van der Waals surface area contributed by atoms with Crippen LogP contribution in [-0.4, -0.2) is 10.7 Å². The summed E-state index contributed by atoms with van der Waals surface area (Å²) < 4.78 is 0. The zero-order chi connectivity index (χ0) is 17.0. The van der Waals surface area contributed by atoms with E-state index in [1.54, 1.807) is 18.2 Å². The zero-order valence-electron chi connectivity index (χ0n) is 13.4. The van der Waals surface area contributed by atoms with Crippen LogP contribution in [0.5, 0.6) is 0 Å². The summed E-state index contributed by atoms with van der Waals surface area (Å²) in [5, 5.41) is 11.0. The van der Waals surface area contributed by atoms with Gasteiger partial charge in [0.15, 0.2) is 5.78 Å². The van der Waals surface area contributed by atoms with Gasteiger partial charge in [-0.15, -0.1) is 0 Å². The van der Waals surface area contributed by atoms with Crippen molar-refractivity contribution >= 4 is 17.5 Å². The highest BCUT2D eigenvalue weighted by Crippen LogP contribution is 2.23. The lowest BCUT2D eigenvalue weighted by Crippen LogP contribution is -2.10. The van der Waals surface area contributed by atoms with E-state index >= 15 is 0 Å². The molecule has 0 aliphatic heterocycles. The Balaban J connectivity index is 2.21. The predicted octanol–water partition coefficient (Wildman–Crippen LogP) is 4.79. The SMILES string of the molecule is CC(C)(C)c1ccc(/C=C/C(=O)c2ccccc2[N+](=O)[O-])cc1. The summed E-state index contributed by atoms with van der Waals surface area (Å²) in [5.74, 6) is -0.378. The maximum atomic E-state index is 12.2. The third-order valence-electron chi connectivity index (χ3n) is 3.57. The molecule has 0 aliphatic carbocycles. The minimum Gasteiger partial charge on any atom is -0.289 e. The molecule has 0 N–H and O–H groups in total. The van der Waals surface area contributed by atoms with E-state index in [4.69, 9.17) is 0 Å². The number of rotatable bonds is 4. The Kier molecular flexibility index (Phi) is 4.74. The van der Waals surface area contributed by atoms with Crippen molar-refractivity contribution in [2.24, 2.45) is 0 Å². The van der Waals surface area contributed by atoms with Crippen LogP contribution in [0.3, 0.4) is 0 Å². The van der Waals surface area contributed by atoms with Gasteiger partial charge in [-0.05, 0) is 28.7 Å². The summed E-state index contributed by atoms with van der Waals surface area (Å²) in [5.41, 5.74) is 2.08. The molecular weight excluding hydrogens is 290 g/mol. The number of carbonyl (C=O) groups excluding carboxylic acids is 1. The molecule has 23 heavy (non-hydrogen) atoms. The lowest BCUT2D eigenvalue weighted by atomic mass is 9.87. The van der Waals surface area contributed by atoms with Crippen LogP contribution in [0.25, 0.3) is 6.08 Å². The third-order valence-corrected chi connectivity index (χ3v) is 3.57. The van der Waals surface area contributed by atoms with Crippen LogP contribution in [-0.2, 0) is 5.41 Å². The van der Waals surface area contributed by atoms with Gasteiger partial charge in [0.25, 0.3) is 5.69 Å². The van der Waals surface area contributed by atoms with Crippen molar-refractivity contribution in [3.63, 3.8) is 0 Å². The molecule has 2 aromatic rings. The molecule has 0 bridgehead atoms. The second-order valence-corrected chi connectivity index (χ2v) is 6.34. The normalized spacial score (nSPS) is 11.6. The number of carbonyl (C=O) groups is 1. The zero-order valence-corrected chi connectivity index (χ0v) is 13.4. The van der Waals surface area contributed by atoms with Gasteiger partial charge in [0, 0.05) is 6.07 Å². The van der Waals surface area contributed by atoms with Crippen LogP contribution >= 0.6 is 0 Å². The summed E-state index contributed by atoms with van der Waals surface area (Å²) >= 11 is 0. The Morgan fingerprint density at radius 3 is 2.22 bits per heavy atom. The molecular formula is C19H19NO3. The fourth-order valence-electron chi connectivity index (χ4n) is 2.20. The number of nitrogens with zero attached hydrogens (tertiary/aromatic N) is 1. The lowest BCUT2D eigenvalue weighted by Gasteiger charge is -2.18. The number of hydrogen-bond acceptors (Lipinski definition) is 3. The van der Waals surface area contributed by atoms with Gasteiger partial charge in [-0.3, -0.25) is 14.9 Å².